The van der Waals surface area contributed by atoms with Gasteiger partial charge in [-0.25, -0.2) is 9.97 Å². The van der Waals surface area contributed by atoms with Gasteiger partial charge < -0.3 is 9.47 Å². The molecule has 0 amide bonds. The van der Waals surface area contributed by atoms with Gasteiger partial charge in [0, 0.05) is 17.6 Å². The maximum atomic E-state index is 11.5. The highest BCUT2D eigenvalue weighted by molar-refractivity contribution is 7.13. The molecule has 2 heterocycles. The summed E-state index contributed by atoms with van der Waals surface area (Å²) in [5.41, 5.74) is 4.82. The summed E-state index contributed by atoms with van der Waals surface area (Å²) in [7, 11) is 0. The molecule has 8 nitrogen and oxygen atoms in total. The lowest BCUT2D eigenvalue weighted by Crippen LogP contribution is -2.07. The number of pyridine rings is 1. The molecule has 0 aliphatic carbocycles. The van der Waals surface area contributed by atoms with Crippen LogP contribution in [-0.4, -0.2) is 28.8 Å². The summed E-state index contributed by atoms with van der Waals surface area (Å²) in [6, 6.07) is 12.6. The molecule has 0 aliphatic rings. The second kappa shape index (κ2) is 9.96. The maximum absolute atomic E-state index is 11.5. The Labute approximate surface area is 171 Å². The molecule has 1 aromatic carbocycles. The van der Waals surface area contributed by atoms with Gasteiger partial charge in [-0.15, -0.1) is 11.3 Å². The zero-order chi connectivity index (χ0) is 20.5. The number of ether oxygens (including phenoxy) is 2. The highest BCUT2D eigenvalue weighted by Gasteiger charge is 2.07. The van der Waals surface area contributed by atoms with Gasteiger partial charge in [-0.1, -0.05) is 0 Å². The summed E-state index contributed by atoms with van der Waals surface area (Å²) in [4.78, 5) is 19.8. The molecule has 0 radical (unpaired) electrons. The van der Waals surface area contributed by atoms with Gasteiger partial charge in [0.05, 0.1) is 30.5 Å². The van der Waals surface area contributed by atoms with Crippen LogP contribution < -0.4 is 10.2 Å². The fraction of sp³-hybridized carbons (Fsp3) is 0.150. The van der Waals surface area contributed by atoms with E-state index < -0.39 is 0 Å². The Morgan fingerprint density at radius 1 is 1.31 bits per heavy atom. The predicted octanol–water partition coefficient (Wildman–Crippen LogP) is 3.75. The van der Waals surface area contributed by atoms with Gasteiger partial charge in [-0.3, -0.25) is 10.2 Å². The van der Waals surface area contributed by atoms with Crippen molar-refractivity contribution in [1.82, 2.24) is 9.97 Å². The van der Waals surface area contributed by atoms with Crippen molar-refractivity contribution >= 4 is 28.7 Å². The van der Waals surface area contributed by atoms with Crippen LogP contribution in [0.15, 0.2) is 53.1 Å². The lowest BCUT2D eigenvalue weighted by Gasteiger charge is -2.04. The highest BCUT2D eigenvalue weighted by Crippen LogP contribution is 2.20. The molecular weight excluding hydrogens is 390 g/mol. The number of hydrazone groups is 1. The number of anilines is 1. The van der Waals surface area contributed by atoms with E-state index in [1.165, 1.54) is 17.5 Å². The van der Waals surface area contributed by atoms with Gasteiger partial charge >= 0.3 is 5.97 Å². The van der Waals surface area contributed by atoms with Crippen LogP contribution >= 0.6 is 11.3 Å². The third kappa shape index (κ3) is 6.12. The highest BCUT2D eigenvalue weighted by atomic mass is 32.1. The molecule has 1 N–H and O–H groups in total. The number of rotatable bonds is 8. The molecule has 0 saturated carbocycles. The molecule has 0 bridgehead atoms. The van der Waals surface area contributed by atoms with Crippen LogP contribution in [-0.2, 0) is 16.0 Å². The molecule has 9 heteroatoms. The van der Waals surface area contributed by atoms with Gasteiger partial charge in [0.25, 0.3) is 0 Å². The zero-order valence-corrected chi connectivity index (χ0v) is 16.3. The number of nitrogens with one attached hydrogen (secondary N) is 1. The summed E-state index contributed by atoms with van der Waals surface area (Å²) in [6.45, 7) is 2.12. The standard InChI is InChI=1S/C20H17N5O3S/c1-2-27-19(26)9-16-13-29-20(24-16)25-23-12-14-3-6-17(7-4-14)28-18-8-5-15(10-21)11-22-18/h3-8,11-13H,2,9H2,1H3,(H,24,25). The molecule has 0 spiro atoms. The first kappa shape index (κ1) is 20.0. The van der Waals surface area contributed by atoms with Crippen LogP contribution in [0.5, 0.6) is 11.6 Å². The first-order chi connectivity index (χ1) is 14.2. The van der Waals surface area contributed by atoms with E-state index in [9.17, 15) is 4.79 Å². The second-order valence-corrected chi connectivity index (χ2v) is 6.52. The van der Waals surface area contributed by atoms with E-state index in [-0.39, 0.29) is 12.4 Å². The quantitative estimate of drug-likeness (QED) is 0.344. The summed E-state index contributed by atoms with van der Waals surface area (Å²) < 4.78 is 10.5. The Morgan fingerprint density at radius 3 is 2.83 bits per heavy atom. The lowest BCUT2D eigenvalue weighted by molar-refractivity contribution is -0.142. The number of nitriles is 1. The fourth-order valence-electron chi connectivity index (χ4n) is 2.21. The van der Waals surface area contributed by atoms with E-state index >= 15 is 0 Å². The van der Waals surface area contributed by atoms with Crippen LogP contribution in [0.25, 0.3) is 0 Å². The van der Waals surface area contributed by atoms with Crippen molar-refractivity contribution in [2.45, 2.75) is 13.3 Å². The topological polar surface area (TPSA) is 109 Å². The van der Waals surface area contributed by atoms with Crippen molar-refractivity contribution in [3.63, 3.8) is 0 Å². The van der Waals surface area contributed by atoms with Gasteiger partial charge in [0.2, 0.25) is 11.0 Å². The minimum Gasteiger partial charge on any atom is -0.466 e. The van der Waals surface area contributed by atoms with E-state index in [4.69, 9.17) is 14.7 Å². The van der Waals surface area contributed by atoms with E-state index in [1.807, 2.05) is 18.2 Å². The monoisotopic (exact) mass is 407 g/mol. The molecular formula is C20H17N5O3S. The van der Waals surface area contributed by atoms with Crippen molar-refractivity contribution in [1.29, 1.82) is 5.26 Å². The molecule has 3 rings (SSSR count). The average molecular weight is 407 g/mol. The Hall–Kier alpha value is -3.77. The van der Waals surface area contributed by atoms with Crippen LogP contribution in [0.3, 0.4) is 0 Å². The van der Waals surface area contributed by atoms with Gasteiger partial charge in [-0.2, -0.15) is 10.4 Å². The number of carbonyl (C=O) groups excluding carboxylic acids is 1. The summed E-state index contributed by atoms with van der Waals surface area (Å²) in [6.07, 6.45) is 3.25. The molecule has 3 aromatic rings. The number of benzene rings is 1. The lowest BCUT2D eigenvalue weighted by atomic mass is 10.2. The van der Waals surface area contributed by atoms with Crippen LogP contribution in [0.1, 0.15) is 23.7 Å². The zero-order valence-electron chi connectivity index (χ0n) is 15.5. The Bertz CT molecular complexity index is 1020. The Kier molecular flexibility index (Phi) is 6.86. The summed E-state index contributed by atoms with van der Waals surface area (Å²) >= 11 is 1.36. The molecule has 0 aliphatic heterocycles. The van der Waals surface area contributed by atoms with E-state index in [0.717, 1.165) is 5.56 Å². The molecule has 146 valence electrons. The normalized spacial score (nSPS) is 10.5. The third-order valence-electron chi connectivity index (χ3n) is 3.52. The van der Waals surface area contributed by atoms with Crippen LogP contribution in [0, 0.1) is 11.3 Å². The fourth-order valence-corrected chi connectivity index (χ4v) is 2.87. The summed E-state index contributed by atoms with van der Waals surface area (Å²) in [5.74, 6) is 0.733. The van der Waals surface area contributed by atoms with Gasteiger partial charge in [0.1, 0.15) is 11.8 Å². The molecule has 0 atom stereocenters. The van der Waals surface area contributed by atoms with Gasteiger partial charge in [-0.05, 0) is 42.8 Å². The number of hydrogen-bond acceptors (Lipinski definition) is 9. The van der Waals surface area contributed by atoms with Crippen LogP contribution in [0.2, 0.25) is 0 Å². The average Bonchev–Trinajstić information content (AvgIpc) is 3.17. The van der Waals surface area contributed by atoms with Crippen molar-refractivity contribution in [3.8, 4) is 17.7 Å². The van der Waals surface area contributed by atoms with Crippen molar-refractivity contribution < 1.29 is 14.3 Å². The van der Waals surface area contributed by atoms with Crippen molar-refractivity contribution in [2.75, 3.05) is 12.0 Å². The molecule has 0 unspecified atom stereocenters. The molecule has 29 heavy (non-hydrogen) atoms. The number of aromatic nitrogens is 2. The second-order valence-electron chi connectivity index (χ2n) is 5.66. The SMILES string of the molecule is CCOC(=O)Cc1csc(NN=Cc2ccc(Oc3ccc(C#N)cn3)cc2)n1. The largest absolute Gasteiger partial charge is 0.466 e. The predicted molar refractivity (Wildman–Crippen MR) is 109 cm³/mol. The van der Waals surface area contributed by atoms with E-state index in [2.05, 4.69) is 20.5 Å². The smallest absolute Gasteiger partial charge is 0.311 e. The maximum Gasteiger partial charge on any atom is 0.311 e. The van der Waals surface area contributed by atoms with E-state index in [1.54, 1.807) is 42.8 Å². The van der Waals surface area contributed by atoms with Crippen molar-refractivity contribution in [2.24, 2.45) is 5.10 Å². The number of carbonyl (C=O) groups is 1. The number of thiazole rings is 1. The number of esters is 1. The number of nitrogens with zero attached hydrogens (tertiary/aromatic N) is 4. The minimum atomic E-state index is -0.300. The first-order valence-electron chi connectivity index (χ1n) is 8.69. The Balaban J connectivity index is 1.51. The minimum absolute atomic E-state index is 0.144. The van der Waals surface area contributed by atoms with E-state index in [0.29, 0.717) is 34.6 Å². The Morgan fingerprint density at radius 2 is 2.14 bits per heavy atom. The number of hydrogen-bond donors (Lipinski definition) is 1. The first-order valence-corrected chi connectivity index (χ1v) is 9.57. The van der Waals surface area contributed by atoms with Crippen LogP contribution in [0.4, 0.5) is 5.13 Å². The third-order valence-corrected chi connectivity index (χ3v) is 4.32. The molecule has 2 aromatic heterocycles. The van der Waals surface area contributed by atoms with Crippen molar-refractivity contribution in [3.05, 3.63) is 64.8 Å². The molecule has 0 saturated heterocycles. The molecule has 0 fully saturated rings. The summed E-state index contributed by atoms with van der Waals surface area (Å²) in [5, 5.41) is 15.3. The van der Waals surface area contributed by atoms with Gasteiger partial charge in [0.15, 0.2) is 0 Å².